The number of nitrogen functional groups attached to an aromatic ring is 1. The third-order valence-electron chi connectivity index (χ3n) is 2.68. The zero-order chi connectivity index (χ0) is 14.8. The van der Waals surface area contributed by atoms with Gasteiger partial charge in [0, 0.05) is 0 Å². The van der Waals surface area contributed by atoms with Crippen molar-refractivity contribution < 1.29 is 23.0 Å². The second-order valence-electron chi connectivity index (χ2n) is 4.18. The lowest BCUT2D eigenvalue weighted by Gasteiger charge is -2.14. The number of aromatic hydroxyl groups is 1. The van der Waals surface area contributed by atoms with Gasteiger partial charge in [-0.2, -0.15) is 13.2 Å². The van der Waals surface area contributed by atoms with Gasteiger partial charge in [0.15, 0.2) is 0 Å². The fourth-order valence-electron chi connectivity index (χ4n) is 1.67. The van der Waals surface area contributed by atoms with Gasteiger partial charge in [-0.05, 0) is 29.8 Å². The van der Waals surface area contributed by atoms with Crippen LogP contribution in [0.1, 0.15) is 11.1 Å². The lowest BCUT2D eigenvalue weighted by molar-refractivity contribution is -0.139. The van der Waals surface area contributed by atoms with Crippen LogP contribution in [0.15, 0.2) is 42.5 Å². The highest BCUT2D eigenvalue weighted by atomic mass is 19.4. The van der Waals surface area contributed by atoms with Gasteiger partial charge in [0.1, 0.15) is 18.1 Å². The molecule has 2 aromatic rings. The van der Waals surface area contributed by atoms with Crippen molar-refractivity contribution >= 4 is 5.69 Å². The van der Waals surface area contributed by atoms with E-state index in [1.165, 1.54) is 30.3 Å². The van der Waals surface area contributed by atoms with Crippen molar-refractivity contribution in [1.29, 1.82) is 0 Å². The van der Waals surface area contributed by atoms with E-state index in [2.05, 4.69) is 0 Å². The summed E-state index contributed by atoms with van der Waals surface area (Å²) >= 11 is 0. The highest BCUT2D eigenvalue weighted by molar-refractivity contribution is 5.52. The molecular formula is C14H12F3NO2. The van der Waals surface area contributed by atoms with Gasteiger partial charge in [-0.1, -0.05) is 18.2 Å². The summed E-state index contributed by atoms with van der Waals surface area (Å²) in [6, 6.07) is 9.35. The molecule has 2 rings (SSSR count). The zero-order valence-electron chi connectivity index (χ0n) is 10.3. The number of phenolic OH excluding ortho intramolecular Hbond substituents is 1. The van der Waals surface area contributed by atoms with E-state index in [-0.39, 0.29) is 23.8 Å². The predicted octanol–water partition coefficient (Wildman–Crippen LogP) is 3.57. The van der Waals surface area contributed by atoms with E-state index in [0.717, 1.165) is 6.07 Å². The molecule has 0 aromatic heterocycles. The van der Waals surface area contributed by atoms with Crippen LogP contribution < -0.4 is 10.5 Å². The number of nitrogens with two attached hydrogens (primary N) is 1. The predicted molar refractivity (Wildman–Crippen MR) is 68.3 cm³/mol. The summed E-state index contributed by atoms with van der Waals surface area (Å²) in [6.45, 7) is -0.0963. The maximum absolute atomic E-state index is 12.8. The Morgan fingerprint density at radius 1 is 1.10 bits per heavy atom. The van der Waals surface area contributed by atoms with Gasteiger partial charge < -0.3 is 15.6 Å². The maximum atomic E-state index is 12.8. The molecule has 0 aliphatic carbocycles. The molecular weight excluding hydrogens is 271 g/mol. The Morgan fingerprint density at radius 3 is 2.45 bits per heavy atom. The van der Waals surface area contributed by atoms with E-state index in [1.807, 2.05) is 0 Å². The summed E-state index contributed by atoms with van der Waals surface area (Å²) in [6.07, 6.45) is -4.47. The van der Waals surface area contributed by atoms with Crippen molar-refractivity contribution in [2.24, 2.45) is 0 Å². The molecule has 0 bridgehead atoms. The van der Waals surface area contributed by atoms with Gasteiger partial charge >= 0.3 is 6.18 Å². The monoisotopic (exact) mass is 283 g/mol. The fourth-order valence-corrected chi connectivity index (χ4v) is 1.67. The summed E-state index contributed by atoms with van der Waals surface area (Å²) in [4.78, 5) is 0. The first-order valence-corrected chi connectivity index (χ1v) is 5.74. The van der Waals surface area contributed by atoms with Crippen LogP contribution in [0.5, 0.6) is 11.5 Å². The van der Waals surface area contributed by atoms with Crippen molar-refractivity contribution in [3.63, 3.8) is 0 Å². The Morgan fingerprint density at radius 2 is 1.80 bits per heavy atom. The van der Waals surface area contributed by atoms with Crippen LogP contribution in [-0.2, 0) is 12.8 Å². The largest absolute Gasteiger partial charge is 0.506 e. The molecule has 0 saturated heterocycles. The third-order valence-corrected chi connectivity index (χ3v) is 2.68. The average Bonchev–Trinajstić information content (AvgIpc) is 2.39. The summed E-state index contributed by atoms with van der Waals surface area (Å²) in [7, 11) is 0. The van der Waals surface area contributed by atoms with Crippen LogP contribution in [0.3, 0.4) is 0 Å². The van der Waals surface area contributed by atoms with Crippen LogP contribution in [-0.4, -0.2) is 5.11 Å². The molecule has 0 spiro atoms. The number of anilines is 1. The maximum Gasteiger partial charge on any atom is 0.419 e. The fraction of sp³-hybridized carbons (Fsp3) is 0.143. The van der Waals surface area contributed by atoms with Crippen LogP contribution >= 0.6 is 0 Å². The number of rotatable bonds is 3. The molecule has 20 heavy (non-hydrogen) atoms. The molecule has 2 aromatic carbocycles. The van der Waals surface area contributed by atoms with Gasteiger partial charge in [0.2, 0.25) is 0 Å². The van der Waals surface area contributed by atoms with Gasteiger partial charge in [-0.25, -0.2) is 0 Å². The van der Waals surface area contributed by atoms with Crippen LogP contribution in [0.4, 0.5) is 18.9 Å². The molecule has 106 valence electrons. The third kappa shape index (κ3) is 3.14. The summed E-state index contributed by atoms with van der Waals surface area (Å²) in [5.74, 6) is -0.383. The highest BCUT2D eigenvalue weighted by Gasteiger charge is 2.33. The van der Waals surface area contributed by atoms with E-state index in [1.54, 1.807) is 6.07 Å². The first-order chi connectivity index (χ1) is 9.38. The molecule has 0 heterocycles. The minimum atomic E-state index is -4.47. The number of phenols is 1. The SMILES string of the molecule is Nc1ccc(COc2ccccc2C(F)(F)F)cc1O. The second-order valence-corrected chi connectivity index (χ2v) is 4.18. The Balaban J connectivity index is 2.17. The number of alkyl halides is 3. The van der Waals surface area contributed by atoms with E-state index >= 15 is 0 Å². The van der Waals surface area contributed by atoms with E-state index in [0.29, 0.717) is 5.56 Å². The number of hydrogen-bond acceptors (Lipinski definition) is 3. The Kier molecular flexibility index (Phi) is 3.74. The summed E-state index contributed by atoms with van der Waals surface area (Å²) < 4.78 is 43.4. The van der Waals surface area contributed by atoms with Crippen LogP contribution in [0.2, 0.25) is 0 Å². The topological polar surface area (TPSA) is 55.5 Å². The van der Waals surface area contributed by atoms with Crippen molar-refractivity contribution in [2.75, 3.05) is 5.73 Å². The lowest BCUT2D eigenvalue weighted by Crippen LogP contribution is -2.08. The van der Waals surface area contributed by atoms with E-state index < -0.39 is 11.7 Å². The molecule has 0 aliphatic heterocycles. The molecule has 6 heteroatoms. The van der Waals surface area contributed by atoms with Gasteiger partial charge in [-0.15, -0.1) is 0 Å². The molecule has 0 amide bonds. The highest BCUT2D eigenvalue weighted by Crippen LogP contribution is 2.36. The van der Waals surface area contributed by atoms with Crippen molar-refractivity contribution in [2.45, 2.75) is 12.8 Å². The first-order valence-electron chi connectivity index (χ1n) is 5.74. The number of ether oxygens (including phenoxy) is 1. The Hall–Kier alpha value is -2.37. The molecule has 0 saturated carbocycles. The lowest BCUT2D eigenvalue weighted by atomic mass is 10.2. The van der Waals surface area contributed by atoms with Crippen molar-refractivity contribution in [3.8, 4) is 11.5 Å². The van der Waals surface area contributed by atoms with Crippen LogP contribution in [0.25, 0.3) is 0 Å². The number of halogens is 3. The molecule has 3 N–H and O–H groups in total. The normalized spacial score (nSPS) is 11.3. The Labute approximate surface area is 113 Å². The zero-order valence-corrected chi connectivity index (χ0v) is 10.3. The summed E-state index contributed by atoms with van der Waals surface area (Å²) in [5, 5.41) is 9.42. The number of para-hydroxylation sites is 1. The quantitative estimate of drug-likeness (QED) is 0.668. The van der Waals surface area contributed by atoms with Gasteiger partial charge in [-0.3, -0.25) is 0 Å². The molecule has 0 aliphatic rings. The average molecular weight is 283 g/mol. The molecule has 0 atom stereocenters. The van der Waals surface area contributed by atoms with Crippen LogP contribution in [0, 0.1) is 0 Å². The molecule has 3 nitrogen and oxygen atoms in total. The summed E-state index contributed by atoms with van der Waals surface area (Å²) in [5.41, 5.74) is 5.32. The van der Waals surface area contributed by atoms with Crippen molar-refractivity contribution in [3.05, 3.63) is 53.6 Å². The van der Waals surface area contributed by atoms with Gasteiger partial charge in [0.25, 0.3) is 0 Å². The molecule has 0 unspecified atom stereocenters. The van der Waals surface area contributed by atoms with E-state index in [4.69, 9.17) is 10.5 Å². The van der Waals surface area contributed by atoms with Crippen molar-refractivity contribution in [1.82, 2.24) is 0 Å². The minimum absolute atomic E-state index is 0.0963. The minimum Gasteiger partial charge on any atom is -0.506 e. The van der Waals surface area contributed by atoms with Gasteiger partial charge in [0.05, 0.1) is 11.3 Å². The molecule has 0 fully saturated rings. The molecule has 0 radical (unpaired) electrons. The number of hydrogen-bond donors (Lipinski definition) is 2. The smallest absolute Gasteiger partial charge is 0.419 e. The van der Waals surface area contributed by atoms with E-state index in [9.17, 15) is 18.3 Å². The number of benzene rings is 2. The first kappa shape index (κ1) is 14.0. The standard InChI is InChI=1S/C14H12F3NO2/c15-14(16,17)10-3-1-2-4-13(10)20-8-9-5-6-11(18)12(19)7-9/h1-7,19H,8,18H2. The Bertz CT molecular complexity index is 612. The second kappa shape index (κ2) is 5.32.